The number of rotatable bonds is 1. The highest BCUT2D eigenvalue weighted by Gasteiger charge is 2.17. The van der Waals surface area contributed by atoms with Crippen LogP contribution in [0.5, 0.6) is 0 Å². The summed E-state index contributed by atoms with van der Waals surface area (Å²) >= 11 is 0. The van der Waals surface area contributed by atoms with Crippen LogP contribution in [0.3, 0.4) is 0 Å². The predicted octanol–water partition coefficient (Wildman–Crippen LogP) is 2.41. The van der Waals surface area contributed by atoms with E-state index in [2.05, 4.69) is 0 Å². The molecular weight excluding hydrogens is 200 g/mol. The third kappa shape index (κ3) is 2.13. The number of aromatic nitrogens is 1. The second-order valence-electron chi connectivity index (χ2n) is 4.77. The van der Waals surface area contributed by atoms with Crippen LogP contribution in [-0.4, -0.2) is 4.57 Å². The largest absolute Gasteiger partial charge is 0.394 e. The van der Waals surface area contributed by atoms with Crippen molar-refractivity contribution in [1.82, 2.24) is 4.57 Å². The molecule has 1 aliphatic rings. The summed E-state index contributed by atoms with van der Waals surface area (Å²) in [6.45, 7) is 0. The number of hydrogen-bond donors (Lipinski definition) is 1. The van der Waals surface area contributed by atoms with Gasteiger partial charge < -0.3 is 10.3 Å². The summed E-state index contributed by atoms with van der Waals surface area (Å²) in [5.41, 5.74) is 7.06. The fraction of sp³-hybridized carbons (Fsp3) is 0.615. The molecule has 0 amide bonds. The van der Waals surface area contributed by atoms with Crippen LogP contribution in [0.15, 0.2) is 16.9 Å². The summed E-state index contributed by atoms with van der Waals surface area (Å²) in [4.78, 5) is 11.8. The Bertz CT molecular complexity index is 414. The maximum atomic E-state index is 11.8. The molecule has 3 heteroatoms. The molecule has 0 saturated heterocycles. The molecule has 0 unspecified atom stereocenters. The van der Waals surface area contributed by atoms with Crippen molar-refractivity contribution >= 4 is 5.69 Å². The first-order valence-corrected chi connectivity index (χ1v) is 6.15. The van der Waals surface area contributed by atoms with Crippen LogP contribution in [0.1, 0.15) is 50.1 Å². The van der Waals surface area contributed by atoms with Crippen LogP contribution in [0.25, 0.3) is 0 Å². The van der Waals surface area contributed by atoms with E-state index in [-0.39, 0.29) is 5.56 Å². The van der Waals surface area contributed by atoms with E-state index < -0.39 is 0 Å². The van der Waals surface area contributed by atoms with Gasteiger partial charge in [-0.1, -0.05) is 25.7 Å². The fourth-order valence-electron chi connectivity index (χ4n) is 2.65. The van der Waals surface area contributed by atoms with Gasteiger partial charge in [-0.2, -0.15) is 0 Å². The average molecular weight is 220 g/mol. The Labute approximate surface area is 96.3 Å². The van der Waals surface area contributed by atoms with Gasteiger partial charge in [0.1, 0.15) is 0 Å². The first kappa shape index (κ1) is 11.2. The molecule has 2 rings (SSSR count). The molecule has 2 N–H and O–H groups in total. The van der Waals surface area contributed by atoms with Gasteiger partial charge in [-0.15, -0.1) is 0 Å². The summed E-state index contributed by atoms with van der Waals surface area (Å²) in [7, 11) is 1.83. The Hall–Kier alpha value is -1.25. The lowest BCUT2D eigenvalue weighted by Gasteiger charge is -2.18. The van der Waals surface area contributed by atoms with Crippen molar-refractivity contribution in [2.45, 2.75) is 44.4 Å². The fourth-order valence-corrected chi connectivity index (χ4v) is 2.65. The lowest BCUT2D eigenvalue weighted by Crippen LogP contribution is -2.24. The van der Waals surface area contributed by atoms with Crippen molar-refractivity contribution in [1.29, 1.82) is 0 Å². The third-order valence-corrected chi connectivity index (χ3v) is 3.65. The molecule has 88 valence electrons. The van der Waals surface area contributed by atoms with Gasteiger partial charge in [-0.25, -0.2) is 0 Å². The second-order valence-corrected chi connectivity index (χ2v) is 4.77. The van der Waals surface area contributed by atoms with Gasteiger partial charge in [0.05, 0.1) is 5.69 Å². The molecule has 0 atom stereocenters. The van der Waals surface area contributed by atoms with Crippen molar-refractivity contribution in [3.8, 4) is 0 Å². The van der Waals surface area contributed by atoms with E-state index in [0.717, 1.165) is 5.69 Å². The number of nitrogens with zero attached hydrogens (tertiary/aromatic N) is 1. The summed E-state index contributed by atoms with van der Waals surface area (Å²) in [6.07, 6.45) is 7.64. The van der Waals surface area contributed by atoms with E-state index in [4.69, 9.17) is 5.73 Å². The number of pyridine rings is 1. The van der Waals surface area contributed by atoms with E-state index >= 15 is 0 Å². The minimum absolute atomic E-state index is 0.0539. The zero-order chi connectivity index (χ0) is 11.5. The van der Waals surface area contributed by atoms with Crippen LogP contribution < -0.4 is 11.3 Å². The molecule has 1 fully saturated rings. The Kier molecular flexibility index (Phi) is 3.32. The van der Waals surface area contributed by atoms with Crippen LogP contribution in [0, 0.1) is 0 Å². The Balaban J connectivity index is 2.32. The smallest absolute Gasteiger partial charge is 0.273 e. The van der Waals surface area contributed by atoms with Crippen molar-refractivity contribution in [3.63, 3.8) is 0 Å². The summed E-state index contributed by atoms with van der Waals surface area (Å²) in [5.74, 6) is 0.542. The Morgan fingerprint density at radius 3 is 2.44 bits per heavy atom. The molecule has 1 aromatic rings. The lowest BCUT2D eigenvalue weighted by atomic mass is 9.95. The molecule has 1 aliphatic carbocycles. The molecule has 0 radical (unpaired) electrons. The van der Waals surface area contributed by atoms with Gasteiger partial charge in [0.15, 0.2) is 0 Å². The topological polar surface area (TPSA) is 48.0 Å². The molecule has 1 saturated carbocycles. The molecule has 3 nitrogen and oxygen atoms in total. The van der Waals surface area contributed by atoms with Crippen molar-refractivity contribution in [3.05, 3.63) is 28.2 Å². The molecule has 1 aromatic heterocycles. The van der Waals surface area contributed by atoms with Crippen LogP contribution in [0.2, 0.25) is 0 Å². The average Bonchev–Trinajstić information content (AvgIpc) is 2.55. The minimum atomic E-state index is -0.0539. The first-order chi connectivity index (χ1) is 7.70. The van der Waals surface area contributed by atoms with Crippen LogP contribution in [-0.2, 0) is 7.05 Å². The molecule has 1 heterocycles. The molecule has 0 bridgehead atoms. The summed E-state index contributed by atoms with van der Waals surface area (Å²) in [5, 5.41) is 0. The monoisotopic (exact) mass is 220 g/mol. The second kappa shape index (κ2) is 4.73. The number of nitrogens with two attached hydrogens (primary N) is 1. The van der Waals surface area contributed by atoms with E-state index in [1.165, 1.54) is 38.5 Å². The van der Waals surface area contributed by atoms with E-state index in [1.807, 2.05) is 13.1 Å². The Morgan fingerprint density at radius 1 is 1.19 bits per heavy atom. The highest BCUT2D eigenvalue weighted by atomic mass is 16.1. The van der Waals surface area contributed by atoms with Crippen molar-refractivity contribution in [2.75, 3.05) is 5.73 Å². The molecular formula is C13H20N2O. The van der Waals surface area contributed by atoms with Crippen LogP contribution >= 0.6 is 0 Å². The Morgan fingerprint density at radius 2 is 1.81 bits per heavy atom. The molecule has 0 aliphatic heterocycles. The zero-order valence-electron chi connectivity index (χ0n) is 9.91. The van der Waals surface area contributed by atoms with Crippen molar-refractivity contribution < 1.29 is 0 Å². The maximum absolute atomic E-state index is 11.8. The summed E-state index contributed by atoms with van der Waals surface area (Å²) < 4.78 is 1.73. The highest BCUT2D eigenvalue weighted by molar-refractivity contribution is 5.36. The SMILES string of the molecule is Cn1c(C2CCCCCC2)ccc(N)c1=O. The lowest BCUT2D eigenvalue weighted by molar-refractivity contribution is 0.549. The zero-order valence-corrected chi connectivity index (χ0v) is 9.91. The van der Waals surface area contributed by atoms with Gasteiger partial charge in [-0.05, 0) is 30.9 Å². The number of anilines is 1. The van der Waals surface area contributed by atoms with Gasteiger partial charge in [-0.3, -0.25) is 4.79 Å². The van der Waals surface area contributed by atoms with Gasteiger partial charge in [0.2, 0.25) is 0 Å². The number of nitrogen functional groups attached to an aromatic ring is 1. The van der Waals surface area contributed by atoms with Gasteiger partial charge in [0.25, 0.3) is 5.56 Å². The van der Waals surface area contributed by atoms with Crippen LogP contribution in [0.4, 0.5) is 5.69 Å². The van der Waals surface area contributed by atoms with Gasteiger partial charge >= 0.3 is 0 Å². The van der Waals surface area contributed by atoms with Gasteiger partial charge in [0, 0.05) is 12.7 Å². The quantitative estimate of drug-likeness (QED) is 0.739. The molecule has 16 heavy (non-hydrogen) atoms. The minimum Gasteiger partial charge on any atom is -0.394 e. The first-order valence-electron chi connectivity index (χ1n) is 6.15. The third-order valence-electron chi connectivity index (χ3n) is 3.65. The predicted molar refractivity (Wildman–Crippen MR) is 66.5 cm³/mol. The standard InChI is InChI=1S/C13H20N2O/c1-15-12(9-8-11(14)13(15)16)10-6-4-2-3-5-7-10/h8-10H,2-7,14H2,1H3. The summed E-state index contributed by atoms with van der Waals surface area (Å²) in [6, 6.07) is 3.77. The van der Waals surface area contributed by atoms with E-state index in [1.54, 1.807) is 10.6 Å². The van der Waals surface area contributed by atoms with Crippen molar-refractivity contribution in [2.24, 2.45) is 7.05 Å². The molecule has 0 spiro atoms. The van der Waals surface area contributed by atoms with E-state index in [9.17, 15) is 4.79 Å². The van der Waals surface area contributed by atoms with E-state index in [0.29, 0.717) is 11.6 Å². The number of hydrogen-bond acceptors (Lipinski definition) is 2. The normalized spacial score (nSPS) is 18.3. The molecule has 0 aromatic carbocycles. The maximum Gasteiger partial charge on any atom is 0.273 e. The highest BCUT2D eigenvalue weighted by Crippen LogP contribution is 2.30.